The van der Waals surface area contributed by atoms with E-state index >= 15 is 0 Å². The number of hydrogen-bond acceptors (Lipinski definition) is 4. The molecule has 3 nitrogen and oxygen atoms in total. The third-order valence-electron chi connectivity index (χ3n) is 2.68. The molecule has 0 N–H and O–H groups in total. The fourth-order valence-corrected chi connectivity index (χ4v) is 2.57. The molecule has 0 saturated carbocycles. The molecule has 100 valence electrons. The SMILES string of the molecule is Clc1ccc(-c2noc(CSc3ccccc3)n2)cc1. The molecular weight excluding hydrogens is 292 g/mol. The van der Waals surface area contributed by atoms with Crippen LogP contribution in [-0.2, 0) is 5.75 Å². The monoisotopic (exact) mass is 302 g/mol. The average Bonchev–Trinajstić information content (AvgIpc) is 2.96. The van der Waals surface area contributed by atoms with Gasteiger partial charge in [-0.05, 0) is 36.4 Å². The number of rotatable bonds is 4. The molecular formula is C15H11ClN2OS. The van der Waals surface area contributed by atoms with E-state index in [4.69, 9.17) is 16.1 Å². The third-order valence-corrected chi connectivity index (χ3v) is 3.92. The molecule has 0 bridgehead atoms. The molecule has 0 spiro atoms. The molecule has 0 atom stereocenters. The number of halogens is 1. The highest BCUT2D eigenvalue weighted by Gasteiger charge is 2.08. The van der Waals surface area contributed by atoms with Crippen LogP contribution < -0.4 is 0 Å². The summed E-state index contributed by atoms with van der Waals surface area (Å²) in [6.45, 7) is 0. The molecule has 0 aliphatic heterocycles. The van der Waals surface area contributed by atoms with E-state index in [0.29, 0.717) is 22.5 Å². The third kappa shape index (κ3) is 3.21. The largest absolute Gasteiger partial charge is 0.338 e. The van der Waals surface area contributed by atoms with Gasteiger partial charge in [0.05, 0.1) is 5.75 Å². The Balaban J connectivity index is 1.69. The van der Waals surface area contributed by atoms with Crippen LogP contribution in [0.15, 0.2) is 64.0 Å². The summed E-state index contributed by atoms with van der Waals surface area (Å²) < 4.78 is 5.26. The number of hydrogen-bond donors (Lipinski definition) is 0. The second kappa shape index (κ2) is 6.11. The molecule has 0 saturated heterocycles. The lowest BCUT2D eigenvalue weighted by Crippen LogP contribution is -1.82. The highest BCUT2D eigenvalue weighted by atomic mass is 35.5. The summed E-state index contributed by atoms with van der Waals surface area (Å²) in [6.07, 6.45) is 0. The topological polar surface area (TPSA) is 38.9 Å². The Labute approximate surface area is 126 Å². The van der Waals surface area contributed by atoms with Crippen molar-refractivity contribution >= 4 is 23.4 Å². The first-order chi connectivity index (χ1) is 9.81. The molecule has 5 heteroatoms. The molecule has 1 heterocycles. The van der Waals surface area contributed by atoms with Gasteiger partial charge < -0.3 is 4.52 Å². The van der Waals surface area contributed by atoms with Crippen LogP contribution in [0.3, 0.4) is 0 Å². The summed E-state index contributed by atoms with van der Waals surface area (Å²) >= 11 is 7.52. The predicted octanol–water partition coefficient (Wildman–Crippen LogP) is 4.68. The molecule has 3 rings (SSSR count). The molecule has 20 heavy (non-hydrogen) atoms. The van der Waals surface area contributed by atoms with Crippen molar-refractivity contribution in [1.29, 1.82) is 0 Å². The maximum atomic E-state index is 5.85. The Kier molecular flexibility index (Phi) is 4.04. The Hall–Kier alpha value is -1.78. The molecule has 0 unspecified atom stereocenters. The number of aromatic nitrogens is 2. The van der Waals surface area contributed by atoms with Crippen molar-refractivity contribution in [2.45, 2.75) is 10.6 Å². The molecule has 0 fully saturated rings. The van der Waals surface area contributed by atoms with Crippen LogP contribution in [0.2, 0.25) is 5.02 Å². The lowest BCUT2D eigenvalue weighted by Gasteiger charge is -1.96. The Morgan fingerprint density at radius 3 is 2.50 bits per heavy atom. The fraction of sp³-hybridized carbons (Fsp3) is 0.0667. The van der Waals surface area contributed by atoms with Gasteiger partial charge in [0.1, 0.15) is 0 Å². The van der Waals surface area contributed by atoms with Gasteiger partial charge >= 0.3 is 0 Å². The maximum absolute atomic E-state index is 5.85. The standard InChI is InChI=1S/C15H11ClN2OS/c16-12-8-6-11(7-9-12)15-17-14(19-18-15)10-20-13-4-2-1-3-5-13/h1-9H,10H2. The van der Waals surface area contributed by atoms with Gasteiger partial charge in [-0.2, -0.15) is 4.98 Å². The van der Waals surface area contributed by atoms with Gasteiger partial charge in [-0.3, -0.25) is 0 Å². The number of thioether (sulfide) groups is 1. The normalized spacial score (nSPS) is 10.7. The van der Waals surface area contributed by atoms with E-state index in [9.17, 15) is 0 Å². The quantitative estimate of drug-likeness (QED) is 0.656. The minimum atomic E-state index is 0.588. The Morgan fingerprint density at radius 1 is 1.00 bits per heavy atom. The van der Waals surface area contributed by atoms with Crippen molar-refractivity contribution in [2.75, 3.05) is 0 Å². The fourth-order valence-electron chi connectivity index (χ4n) is 1.69. The molecule has 0 amide bonds. The van der Waals surface area contributed by atoms with Crippen molar-refractivity contribution in [1.82, 2.24) is 10.1 Å². The smallest absolute Gasteiger partial charge is 0.237 e. The summed E-state index contributed by atoms with van der Waals surface area (Å²) in [7, 11) is 0. The number of nitrogens with zero attached hydrogens (tertiary/aromatic N) is 2. The van der Waals surface area contributed by atoms with Crippen molar-refractivity contribution in [2.24, 2.45) is 0 Å². The van der Waals surface area contributed by atoms with Crippen LogP contribution in [-0.4, -0.2) is 10.1 Å². The lowest BCUT2D eigenvalue weighted by atomic mass is 10.2. The summed E-state index contributed by atoms with van der Waals surface area (Å²) in [5.74, 6) is 1.86. The van der Waals surface area contributed by atoms with Crippen LogP contribution in [0, 0.1) is 0 Å². The van der Waals surface area contributed by atoms with Gasteiger partial charge in [-0.15, -0.1) is 11.8 Å². The minimum absolute atomic E-state index is 0.588. The zero-order chi connectivity index (χ0) is 13.8. The molecule has 3 aromatic rings. The van der Waals surface area contributed by atoms with E-state index in [1.807, 2.05) is 42.5 Å². The molecule has 1 aromatic heterocycles. The van der Waals surface area contributed by atoms with Gasteiger partial charge in [0.15, 0.2) is 0 Å². The minimum Gasteiger partial charge on any atom is -0.338 e. The van der Waals surface area contributed by atoms with Crippen LogP contribution in [0.25, 0.3) is 11.4 Å². The van der Waals surface area contributed by atoms with E-state index in [1.165, 1.54) is 4.90 Å². The van der Waals surface area contributed by atoms with Crippen LogP contribution >= 0.6 is 23.4 Å². The molecule has 0 aliphatic rings. The Bertz CT molecular complexity index is 683. The molecule has 0 aliphatic carbocycles. The van der Waals surface area contributed by atoms with Crippen LogP contribution in [0.4, 0.5) is 0 Å². The first-order valence-electron chi connectivity index (χ1n) is 6.07. The highest BCUT2D eigenvalue weighted by Crippen LogP contribution is 2.23. The second-order valence-corrected chi connectivity index (χ2v) is 5.61. The first-order valence-corrected chi connectivity index (χ1v) is 7.44. The second-order valence-electron chi connectivity index (χ2n) is 4.12. The van der Waals surface area contributed by atoms with Crippen molar-refractivity contribution in [3.63, 3.8) is 0 Å². The highest BCUT2D eigenvalue weighted by molar-refractivity contribution is 7.98. The van der Waals surface area contributed by atoms with Crippen molar-refractivity contribution in [3.05, 3.63) is 65.5 Å². The van der Waals surface area contributed by atoms with Crippen LogP contribution in [0.5, 0.6) is 0 Å². The zero-order valence-corrected chi connectivity index (χ0v) is 12.1. The molecule has 0 radical (unpaired) electrons. The molecule has 2 aromatic carbocycles. The first kappa shape index (κ1) is 13.2. The summed E-state index contributed by atoms with van der Waals surface area (Å²) in [6, 6.07) is 17.5. The van der Waals surface area contributed by atoms with Gasteiger partial charge in [-0.1, -0.05) is 35.0 Å². The average molecular weight is 303 g/mol. The predicted molar refractivity (Wildman–Crippen MR) is 80.7 cm³/mol. The van der Waals surface area contributed by atoms with Gasteiger partial charge in [-0.25, -0.2) is 0 Å². The van der Waals surface area contributed by atoms with Gasteiger partial charge in [0.2, 0.25) is 11.7 Å². The van der Waals surface area contributed by atoms with Gasteiger partial charge in [0, 0.05) is 15.5 Å². The van der Waals surface area contributed by atoms with Crippen molar-refractivity contribution in [3.8, 4) is 11.4 Å². The summed E-state index contributed by atoms with van der Waals surface area (Å²) in [5, 5.41) is 4.68. The van der Waals surface area contributed by atoms with E-state index in [1.54, 1.807) is 11.8 Å². The van der Waals surface area contributed by atoms with E-state index in [0.717, 1.165) is 5.56 Å². The summed E-state index contributed by atoms with van der Waals surface area (Å²) in [4.78, 5) is 5.56. The van der Waals surface area contributed by atoms with E-state index in [2.05, 4.69) is 22.3 Å². The van der Waals surface area contributed by atoms with Crippen LogP contribution in [0.1, 0.15) is 5.89 Å². The van der Waals surface area contributed by atoms with E-state index in [-0.39, 0.29) is 0 Å². The number of benzene rings is 2. The summed E-state index contributed by atoms with van der Waals surface area (Å²) in [5.41, 5.74) is 0.897. The zero-order valence-electron chi connectivity index (χ0n) is 10.5. The maximum Gasteiger partial charge on any atom is 0.237 e. The Morgan fingerprint density at radius 2 is 1.75 bits per heavy atom. The van der Waals surface area contributed by atoms with E-state index < -0.39 is 0 Å². The lowest BCUT2D eigenvalue weighted by molar-refractivity contribution is 0.391. The van der Waals surface area contributed by atoms with Gasteiger partial charge in [0.25, 0.3) is 0 Å². The van der Waals surface area contributed by atoms with Crippen molar-refractivity contribution < 1.29 is 4.52 Å².